The van der Waals surface area contributed by atoms with Crippen LogP contribution < -0.4 is 5.73 Å². The second-order valence-corrected chi connectivity index (χ2v) is 7.05. The molecule has 1 heterocycles. The van der Waals surface area contributed by atoms with Crippen molar-refractivity contribution in [3.05, 3.63) is 65.5 Å². The van der Waals surface area contributed by atoms with Crippen LogP contribution in [0.15, 0.2) is 59.3 Å². The van der Waals surface area contributed by atoms with Crippen LogP contribution in [-0.4, -0.2) is 53.2 Å². The average Bonchev–Trinajstić information content (AvgIpc) is 2.67. The Kier molecular flexibility index (Phi) is 7.89. The Bertz CT molecular complexity index is 991. The summed E-state index contributed by atoms with van der Waals surface area (Å²) in [5.41, 5.74) is 11.2. The molecule has 0 aromatic heterocycles. The maximum Gasteiger partial charge on any atom is 0.215 e. The summed E-state index contributed by atoms with van der Waals surface area (Å²) in [5, 5.41) is 0. The highest BCUT2D eigenvalue weighted by molar-refractivity contribution is 7.79. The van der Waals surface area contributed by atoms with E-state index in [0.717, 1.165) is 47.1 Å². The van der Waals surface area contributed by atoms with Gasteiger partial charge in [0.15, 0.2) is 5.76 Å². The Morgan fingerprint density at radius 1 is 1.24 bits per heavy atom. The van der Waals surface area contributed by atoms with E-state index in [2.05, 4.69) is 36.6 Å². The monoisotopic (exact) mass is 419 g/mol. The van der Waals surface area contributed by atoms with Crippen LogP contribution in [0, 0.1) is 0 Å². The van der Waals surface area contributed by atoms with Gasteiger partial charge in [0.1, 0.15) is 25.4 Å². The van der Waals surface area contributed by atoms with Gasteiger partial charge in [0.05, 0.1) is 12.6 Å². The molecule has 0 saturated heterocycles. The zero-order chi connectivity index (χ0) is 21.4. The number of hydrogen-bond acceptors (Lipinski definition) is 6. The predicted octanol–water partition coefficient (Wildman–Crippen LogP) is 1.91. The third-order valence-corrected chi connectivity index (χ3v) is 4.36. The SMILES string of the molecule is CC[N+](CC)=C1C=CC2=NCc3ccccc3/C(N)=C\COC2=C1.O=S(=O)([O-])O. The quantitative estimate of drug-likeness (QED) is 0.326. The Morgan fingerprint density at radius 2 is 1.90 bits per heavy atom. The first-order chi connectivity index (χ1) is 13.7. The van der Waals surface area contributed by atoms with Crippen molar-refractivity contribution in [3.63, 3.8) is 0 Å². The van der Waals surface area contributed by atoms with E-state index in [0.29, 0.717) is 13.2 Å². The van der Waals surface area contributed by atoms with Gasteiger partial charge in [-0.1, -0.05) is 24.3 Å². The smallest absolute Gasteiger partial charge is 0.215 e. The van der Waals surface area contributed by atoms with Crippen LogP contribution in [0.3, 0.4) is 0 Å². The van der Waals surface area contributed by atoms with Gasteiger partial charge in [0.2, 0.25) is 16.1 Å². The van der Waals surface area contributed by atoms with Crippen LogP contribution >= 0.6 is 0 Å². The molecule has 1 aromatic carbocycles. The van der Waals surface area contributed by atoms with Crippen molar-refractivity contribution < 1.29 is 26.8 Å². The molecule has 29 heavy (non-hydrogen) atoms. The normalized spacial score (nSPS) is 17.8. The summed E-state index contributed by atoms with van der Waals surface area (Å²) < 4.78 is 41.1. The lowest BCUT2D eigenvalue weighted by molar-refractivity contribution is -0.519. The molecule has 8 nitrogen and oxygen atoms in total. The molecule has 1 aliphatic heterocycles. The summed E-state index contributed by atoms with van der Waals surface area (Å²) in [6, 6.07) is 8.12. The van der Waals surface area contributed by atoms with Crippen LogP contribution in [0.5, 0.6) is 0 Å². The van der Waals surface area contributed by atoms with Crippen LogP contribution in [0.1, 0.15) is 25.0 Å². The highest BCUT2D eigenvalue weighted by Gasteiger charge is 2.18. The molecule has 0 radical (unpaired) electrons. The predicted molar refractivity (Wildman–Crippen MR) is 112 cm³/mol. The van der Waals surface area contributed by atoms with Gasteiger partial charge in [-0.3, -0.25) is 9.55 Å². The number of nitrogens with two attached hydrogens (primary N) is 1. The number of nitrogens with zero attached hydrogens (tertiary/aromatic N) is 2. The first-order valence-electron chi connectivity index (χ1n) is 9.14. The molecule has 0 unspecified atom stereocenters. The molecule has 156 valence electrons. The van der Waals surface area contributed by atoms with Gasteiger partial charge >= 0.3 is 0 Å². The maximum atomic E-state index is 8.63. The number of ether oxygens (including phenoxy) is 1. The molecule has 0 atom stereocenters. The first kappa shape index (κ1) is 22.5. The van der Waals surface area contributed by atoms with Crippen molar-refractivity contribution in [1.82, 2.24) is 0 Å². The Labute approximate surface area is 171 Å². The van der Waals surface area contributed by atoms with Crippen LogP contribution in [0.2, 0.25) is 0 Å². The lowest BCUT2D eigenvalue weighted by Gasteiger charge is -2.16. The minimum absolute atomic E-state index is 0.435. The minimum Gasteiger partial charge on any atom is -0.726 e. The standard InChI is InChI=1S/C20H24N3O.H2O4S/c1-3-23(4-2)16-9-10-19-20(13-16)24-12-11-18(21)17-8-6-5-7-15(17)14-22-19;1-5(2,3)4/h5-11,13H,3-4,12,14,21H2,1-2H3;(H2,1,2,3,4)/q+1;/p-1/b18-11+,22-19?;. The highest BCUT2D eigenvalue weighted by Crippen LogP contribution is 2.20. The fourth-order valence-corrected chi connectivity index (χ4v) is 2.98. The molecular formula is C20H25N3O5S. The number of hydrogen-bond donors (Lipinski definition) is 2. The molecule has 1 aliphatic carbocycles. The van der Waals surface area contributed by atoms with Crippen molar-refractivity contribution in [3.8, 4) is 0 Å². The number of allylic oxidation sites excluding steroid dienone is 3. The van der Waals surface area contributed by atoms with Crippen LogP contribution in [0.4, 0.5) is 0 Å². The minimum atomic E-state index is -4.92. The summed E-state index contributed by atoms with van der Waals surface area (Å²) in [4.78, 5) is 4.75. The molecule has 9 heteroatoms. The van der Waals surface area contributed by atoms with Crippen molar-refractivity contribution in [2.45, 2.75) is 20.4 Å². The summed E-state index contributed by atoms with van der Waals surface area (Å²) in [7, 11) is -4.92. The van der Waals surface area contributed by atoms with Gasteiger partial charge in [-0.2, -0.15) is 0 Å². The summed E-state index contributed by atoms with van der Waals surface area (Å²) in [5.74, 6) is 0.808. The van der Waals surface area contributed by atoms with Crippen molar-refractivity contribution in [2.24, 2.45) is 10.7 Å². The van der Waals surface area contributed by atoms with Crippen molar-refractivity contribution in [1.29, 1.82) is 0 Å². The van der Waals surface area contributed by atoms with Gasteiger partial charge in [-0.15, -0.1) is 0 Å². The third kappa shape index (κ3) is 6.97. The second kappa shape index (κ2) is 10.1. The van der Waals surface area contributed by atoms with Crippen molar-refractivity contribution in [2.75, 3.05) is 19.7 Å². The molecule has 0 spiro atoms. The highest BCUT2D eigenvalue weighted by atomic mass is 32.3. The van der Waals surface area contributed by atoms with Gasteiger partial charge in [-0.25, -0.2) is 13.0 Å². The lowest BCUT2D eigenvalue weighted by Crippen LogP contribution is -2.22. The molecule has 1 aromatic rings. The van der Waals surface area contributed by atoms with E-state index < -0.39 is 10.4 Å². The molecular weight excluding hydrogens is 394 g/mol. The largest absolute Gasteiger partial charge is 0.726 e. The lowest BCUT2D eigenvalue weighted by atomic mass is 10.0. The Balaban J connectivity index is 0.000000537. The molecule has 2 aliphatic rings. The Morgan fingerprint density at radius 3 is 2.55 bits per heavy atom. The van der Waals surface area contributed by atoms with E-state index in [1.54, 1.807) is 0 Å². The fraction of sp³-hybridized carbons (Fsp3) is 0.300. The number of fused-ring (bicyclic) bond motifs is 2. The number of rotatable bonds is 2. The van der Waals surface area contributed by atoms with E-state index in [9.17, 15) is 0 Å². The van der Waals surface area contributed by atoms with E-state index in [1.165, 1.54) is 0 Å². The molecule has 0 fully saturated rings. The number of aliphatic imine (C=N–C) groups is 1. The Hall–Kier alpha value is -2.75. The zero-order valence-corrected chi connectivity index (χ0v) is 17.2. The summed E-state index contributed by atoms with van der Waals surface area (Å²) >= 11 is 0. The second-order valence-electron chi connectivity index (χ2n) is 6.20. The van der Waals surface area contributed by atoms with Gasteiger partial charge in [0.25, 0.3) is 0 Å². The molecule has 3 rings (SSSR count). The maximum absolute atomic E-state index is 8.63. The molecule has 3 N–H and O–H groups in total. The third-order valence-electron chi connectivity index (χ3n) is 4.36. The van der Waals surface area contributed by atoms with Crippen LogP contribution in [-0.2, 0) is 21.7 Å². The average molecular weight is 420 g/mol. The number of benzene rings is 1. The fourth-order valence-electron chi connectivity index (χ4n) is 2.98. The molecule has 0 saturated carbocycles. The topological polar surface area (TPSA) is 128 Å². The zero-order valence-electron chi connectivity index (χ0n) is 16.4. The van der Waals surface area contributed by atoms with Crippen LogP contribution in [0.25, 0.3) is 5.70 Å². The summed E-state index contributed by atoms with van der Waals surface area (Å²) in [6.45, 7) is 7.26. The first-order valence-corrected chi connectivity index (χ1v) is 10.5. The summed E-state index contributed by atoms with van der Waals surface area (Å²) in [6.07, 6.45) is 8.15. The molecule has 0 amide bonds. The van der Waals surface area contributed by atoms with Gasteiger partial charge in [-0.05, 0) is 31.6 Å². The van der Waals surface area contributed by atoms with E-state index >= 15 is 0 Å². The van der Waals surface area contributed by atoms with E-state index in [-0.39, 0.29) is 0 Å². The molecule has 0 bridgehead atoms. The van der Waals surface area contributed by atoms with E-state index in [4.69, 9.17) is 33.0 Å². The van der Waals surface area contributed by atoms with Gasteiger partial charge < -0.3 is 15.0 Å². The van der Waals surface area contributed by atoms with Crippen molar-refractivity contribution >= 4 is 27.5 Å². The van der Waals surface area contributed by atoms with E-state index in [1.807, 2.05) is 30.4 Å². The van der Waals surface area contributed by atoms with Gasteiger partial charge in [0, 0.05) is 17.3 Å².